The fraction of sp³-hybridized carbons (Fsp3) is 0.917. The van der Waals surface area contributed by atoms with Gasteiger partial charge >= 0.3 is 0 Å². The molecule has 1 aliphatic carbocycles. The fourth-order valence-corrected chi connectivity index (χ4v) is 3.85. The summed E-state index contributed by atoms with van der Waals surface area (Å²) in [4.78, 5) is 13.9. The summed E-state index contributed by atoms with van der Waals surface area (Å²) in [6, 6.07) is 1.36. The summed E-state index contributed by atoms with van der Waals surface area (Å²) < 4.78 is 0. The van der Waals surface area contributed by atoms with Gasteiger partial charge in [0.2, 0.25) is 0 Å². The minimum Gasteiger partial charge on any atom is -0.300 e. The fourth-order valence-electron chi connectivity index (χ4n) is 2.73. The zero-order chi connectivity index (χ0) is 10.8. The lowest BCUT2D eigenvalue weighted by Crippen LogP contribution is -2.51. The number of carbonyl (C=O) groups excluding carboxylic acids is 1. The molecular formula is C12H21NOS. The van der Waals surface area contributed by atoms with Crippen LogP contribution in [0.3, 0.4) is 0 Å². The molecule has 2 rings (SSSR count). The second-order valence-electron chi connectivity index (χ2n) is 4.82. The first-order valence-electron chi connectivity index (χ1n) is 6.07. The van der Waals surface area contributed by atoms with E-state index in [1.165, 1.54) is 12.3 Å². The lowest BCUT2D eigenvalue weighted by molar-refractivity contribution is -0.121. The van der Waals surface area contributed by atoms with Gasteiger partial charge in [-0.25, -0.2) is 0 Å². The number of nitrogens with zero attached hydrogens (tertiary/aromatic N) is 1. The Kier molecular flexibility index (Phi) is 3.73. The molecule has 1 saturated carbocycles. The normalized spacial score (nSPS) is 35.7. The highest BCUT2D eigenvalue weighted by molar-refractivity contribution is 8.00. The first kappa shape index (κ1) is 11.5. The quantitative estimate of drug-likeness (QED) is 0.686. The third kappa shape index (κ3) is 2.56. The van der Waals surface area contributed by atoms with E-state index in [0.29, 0.717) is 17.9 Å². The summed E-state index contributed by atoms with van der Waals surface area (Å²) in [5, 5.41) is 0.747. The maximum atomic E-state index is 11.2. The van der Waals surface area contributed by atoms with Crippen molar-refractivity contribution in [3.8, 4) is 0 Å². The first-order valence-corrected chi connectivity index (χ1v) is 7.12. The Hall–Kier alpha value is -0.0200. The third-order valence-corrected chi connectivity index (χ3v) is 5.25. The average molecular weight is 227 g/mol. The SMILES string of the molecule is CC1SCCN(C2CCC(=O)CC2)C1C. The van der Waals surface area contributed by atoms with E-state index in [9.17, 15) is 4.79 Å². The van der Waals surface area contributed by atoms with Gasteiger partial charge in [-0.3, -0.25) is 9.69 Å². The van der Waals surface area contributed by atoms with Crippen LogP contribution >= 0.6 is 11.8 Å². The van der Waals surface area contributed by atoms with Crippen LogP contribution < -0.4 is 0 Å². The van der Waals surface area contributed by atoms with Crippen molar-refractivity contribution in [1.29, 1.82) is 0 Å². The molecule has 2 nitrogen and oxygen atoms in total. The summed E-state index contributed by atoms with van der Waals surface area (Å²) >= 11 is 2.09. The smallest absolute Gasteiger partial charge is 0.133 e. The molecule has 0 aromatic heterocycles. The Morgan fingerprint density at radius 1 is 1.27 bits per heavy atom. The molecule has 2 aliphatic rings. The van der Waals surface area contributed by atoms with E-state index < -0.39 is 0 Å². The van der Waals surface area contributed by atoms with Gasteiger partial charge in [0.15, 0.2) is 0 Å². The molecule has 2 atom stereocenters. The van der Waals surface area contributed by atoms with E-state index in [1.807, 2.05) is 0 Å². The van der Waals surface area contributed by atoms with Crippen LogP contribution in [-0.4, -0.2) is 40.3 Å². The van der Waals surface area contributed by atoms with Crippen LogP contribution in [0, 0.1) is 0 Å². The zero-order valence-electron chi connectivity index (χ0n) is 9.74. The van der Waals surface area contributed by atoms with E-state index in [1.54, 1.807) is 0 Å². The number of hydrogen-bond acceptors (Lipinski definition) is 3. The number of ketones is 1. The Bertz CT molecular complexity index is 234. The predicted octanol–water partition coefficient (Wildman–Crippen LogP) is 2.32. The molecule has 0 radical (unpaired) electrons. The van der Waals surface area contributed by atoms with Crippen molar-refractivity contribution in [2.75, 3.05) is 12.3 Å². The zero-order valence-corrected chi connectivity index (χ0v) is 10.6. The molecule has 0 amide bonds. The largest absolute Gasteiger partial charge is 0.300 e. The van der Waals surface area contributed by atoms with Gasteiger partial charge in [0.05, 0.1) is 0 Å². The predicted molar refractivity (Wildman–Crippen MR) is 65.4 cm³/mol. The Labute approximate surface area is 96.8 Å². The van der Waals surface area contributed by atoms with E-state index >= 15 is 0 Å². The molecule has 2 fully saturated rings. The molecular weight excluding hydrogens is 206 g/mol. The van der Waals surface area contributed by atoms with Crippen molar-refractivity contribution in [2.45, 2.75) is 56.9 Å². The van der Waals surface area contributed by atoms with Crippen molar-refractivity contribution in [3.63, 3.8) is 0 Å². The molecule has 0 bridgehead atoms. The highest BCUT2D eigenvalue weighted by Gasteiger charge is 2.32. The topological polar surface area (TPSA) is 20.3 Å². The maximum Gasteiger partial charge on any atom is 0.133 e. The second kappa shape index (κ2) is 4.88. The van der Waals surface area contributed by atoms with Crippen molar-refractivity contribution in [3.05, 3.63) is 0 Å². The standard InChI is InChI=1S/C12H21NOS/c1-9-10(2)15-8-7-13(9)11-3-5-12(14)6-4-11/h9-11H,3-8H2,1-2H3. The highest BCUT2D eigenvalue weighted by atomic mass is 32.2. The molecule has 2 unspecified atom stereocenters. The number of hydrogen-bond donors (Lipinski definition) is 0. The number of Topliss-reactive ketones (excluding diaryl/α,β-unsaturated/α-hetero) is 1. The molecule has 15 heavy (non-hydrogen) atoms. The Morgan fingerprint density at radius 2 is 1.93 bits per heavy atom. The average Bonchev–Trinajstić information content (AvgIpc) is 2.24. The van der Waals surface area contributed by atoms with Crippen LogP contribution in [-0.2, 0) is 4.79 Å². The third-order valence-electron chi connectivity index (χ3n) is 3.91. The van der Waals surface area contributed by atoms with Gasteiger partial charge in [0, 0.05) is 42.5 Å². The van der Waals surface area contributed by atoms with Crippen LogP contribution in [0.2, 0.25) is 0 Å². The summed E-state index contributed by atoms with van der Waals surface area (Å²) in [5.41, 5.74) is 0. The van der Waals surface area contributed by atoms with Crippen molar-refractivity contribution in [1.82, 2.24) is 4.90 Å². The van der Waals surface area contributed by atoms with Gasteiger partial charge in [-0.1, -0.05) is 6.92 Å². The molecule has 0 aromatic rings. The monoisotopic (exact) mass is 227 g/mol. The van der Waals surface area contributed by atoms with Crippen molar-refractivity contribution < 1.29 is 4.79 Å². The van der Waals surface area contributed by atoms with E-state index in [0.717, 1.165) is 30.9 Å². The number of carbonyl (C=O) groups is 1. The van der Waals surface area contributed by atoms with Crippen molar-refractivity contribution >= 4 is 17.5 Å². The summed E-state index contributed by atoms with van der Waals surface area (Å²) in [6.45, 7) is 5.89. The van der Waals surface area contributed by atoms with Gasteiger partial charge in [0.1, 0.15) is 5.78 Å². The molecule has 3 heteroatoms. The molecule has 1 heterocycles. The van der Waals surface area contributed by atoms with E-state index in [4.69, 9.17) is 0 Å². The van der Waals surface area contributed by atoms with E-state index in [-0.39, 0.29) is 0 Å². The minimum absolute atomic E-state index is 0.471. The summed E-state index contributed by atoms with van der Waals surface area (Å²) in [7, 11) is 0. The van der Waals surface area contributed by atoms with Gasteiger partial charge in [0.25, 0.3) is 0 Å². The summed E-state index contributed by atoms with van der Waals surface area (Å²) in [6.07, 6.45) is 3.83. The summed E-state index contributed by atoms with van der Waals surface area (Å²) in [5.74, 6) is 1.73. The minimum atomic E-state index is 0.471. The second-order valence-corrected chi connectivity index (χ2v) is 6.31. The van der Waals surface area contributed by atoms with Crippen LogP contribution in [0.5, 0.6) is 0 Å². The molecule has 86 valence electrons. The molecule has 1 saturated heterocycles. The van der Waals surface area contributed by atoms with Gasteiger partial charge in [-0.05, 0) is 19.8 Å². The van der Waals surface area contributed by atoms with Crippen LogP contribution in [0.15, 0.2) is 0 Å². The van der Waals surface area contributed by atoms with Crippen LogP contribution in [0.25, 0.3) is 0 Å². The molecule has 1 aliphatic heterocycles. The molecule has 0 aromatic carbocycles. The van der Waals surface area contributed by atoms with Crippen molar-refractivity contribution in [2.24, 2.45) is 0 Å². The van der Waals surface area contributed by atoms with Crippen LogP contribution in [0.4, 0.5) is 0 Å². The highest BCUT2D eigenvalue weighted by Crippen LogP contribution is 2.30. The molecule has 0 N–H and O–H groups in total. The lowest BCUT2D eigenvalue weighted by atomic mass is 9.92. The van der Waals surface area contributed by atoms with Gasteiger partial charge in [-0.15, -0.1) is 0 Å². The Morgan fingerprint density at radius 3 is 2.60 bits per heavy atom. The first-order chi connectivity index (χ1) is 7.18. The van der Waals surface area contributed by atoms with Gasteiger partial charge < -0.3 is 0 Å². The van der Waals surface area contributed by atoms with Crippen LogP contribution in [0.1, 0.15) is 39.5 Å². The maximum absolute atomic E-state index is 11.2. The number of rotatable bonds is 1. The number of thioether (sulfide) groups is 1. The van der Waals surface area contributed by atoms with E-state index in [2.05, 4.69) is 30.5 Å². The lowest BCUT2D eigenvalue weighted by Gasteiger charge is -2.43. The Balaban J connectivity index is 1.94. The molecule has 0 spiro atoms. The van der Waals surface area contributed by atoms with Gasteiger partial charge in [-0.2, -0.15) is 11.8 Å².